The number of carbonyl (C=O) groups is 1. The first-order chi connectivity index (χ1) is 9.99. The average Bonchev–Trinajstić information content (AvgIpc) is 2.48. The van der Waals surface area contributed by atoms with Gasteiger partial charge in [0.2, 0.25) is 0 Å². The van der Waals surface area contributed by atoms with Crippen LogP contribution in [-0.4, -0.2) is 17.5 Å². The maximum Gasteiger partial charge on any atom is 0.170 e. The number of carbonyl (C=O) groups excluding carboxylic acids is 1. The molecule has 0 radical (unpaired) electrons. The standard InChI is InChI=1S/C16H14F2N2O/c1-4-10-8-20-14(7-13(10)19-3)12-6-5-11(9(2)21)15(17)16(12)18/h5-8H,3-4H2,1-2H3. The molecule has 0 saturated heterocycles. The smallest absolute Gasteiger partial charge is 0.170 e. The molecule has 0 bridgehead atoms. The lowest BCUT2D eigenvalue weighted by molar-refractivity contribution is 0.101. The highest BCUT2D eigenvalue weighted by atomic mass is 19.2. The number of Topliss-reactive ketones (excluding diaryl/α,β-unsaturated/α-hetero) is 1. The summed E-state index contributed by atoms with van der Waals surface area (Å²) >= 11 is 0. The van der Waals surface area contributed by atoms with E-state index in [1.165, 1.54) is 19.1 Å². The number of pyridine rings is 1. The van der Waals surface area contributed by atoms with Gasteiger partial charge in [-0.1, -0.05) is 6.92 Å². The van der Waals surface area contributed by atoms with E-state index >= 15 is 0 Å². The van der Waals surface area contributed by atoms with E-state index < -0.39 is 17.4 Å². The third kappa shape index (κ3) is 2.72. The molecular formula is C16H14F2N2O. The summed E-state index contributed by atoms with van der Waals surface area (Å²) in [5, 5.41) is 0. The number of nitrogens with zero attached hydrogens (tertiary/aromatic N) is 2. The van der Waals surface area contributed by atoms with Gasteiger partial charge >= 0.3 is 0 Å². The maximum absolute atomic E-state index is 14.1. The summed E-state index contributed by atoms with van der Waals surface area (Å²) in [6, 6.07) is 4.15. The topological polar surface area (TPSA) is 42.3 Å². The first-order valence-electron chi connectivity index (χ1n) is 6.44. The fourth-order valence-electron chi connectivity index (χ4n) is 2.06. The van der Waals surface area contributed by atoms with E-state index in [0.29, 0.717) is 12.1 Å². The molecule has 0 aliphatic heterocycles. The first-order valence-corrected chi connectivity index (χ1v) is 6.44. The Morgan fingerprint density at radius 1 is 1.33 bits per heavy atom. The number of ketones is 1. The Labute approximate surface area is 121 Å². The van der Waals surface area contributed by atoms with Crippen LogP contribution in [0.5, 0.6) is 0 Å². The lowest BCUT2D eigenvalue weighted by Gasteiger charge is -2.09. The predicted octanol–water partition coefficient (Wildman–Crippen LogP) is 4.12. The third-order valence-electron chi connectivity index (χ3n) is 3.25. The third-order valence-corrected chi connectivity index (χ3v) is 3.25. The zero-order valence-corrected chi connectivity index (χ0v) is 11.8. The van der Waals surface area contributed by atoms with Crippen LogP contribution in [0.15, 0.2) is 29.4 Å². The van der Waals surface area contributed by atoms with Gasteiger partial charge < -0.3 is 0 Å². The molecule has 0 N–H and O–H groups in total. The van der Waals surface area contributed by atoms with Gasteiger partial charge in [-0.25, -0.2) is 8.78 Å². The highest BCUT2D eigenvalue weighted by Gasteiger charge is 2.18. The Hall–Kier alpha value is -2.43. The van der Waals surface area contributed by atoms with Gasteiger partial charge in [-0.15, -0.1) is 0 Å². The molecule has 1 heterocycles. The second kappa shape index (κ2) is 5.91. The Morgan fingerprint density at radius 3 is 2.62 bits per heavy atom. The van der Waals surface area contributed by atoms with Crippen LogP contribution in [0, 0.1) is 11.6 Å². The second-order valence-electron chi connectivity index (χ2n) is 4.55. The molecule has 0 saturated carbocycles. The summed E-state index contributed by atoms with van der Waals surface area (Å²) in [5.74, 6) is -2.77. The molecular weight excluding hydrogens is 274 g/mol. The molecule has 2 rings (SSSR count). The summed E-state index contributed by atoms with van der Waals surface area (Å²) in [4.78, 5) is 19.2. The highest BCUT2D eigenvalue weighted by Crippen LogP contribution is 2.29. The molecule has 0 amide bonds. The number of aromatic nitrogens is 1. The van der Waals surface area contributed by atoms with Crippen molar-refractivity contribution in [3.8, 4) is 11.3 Å². The molecule has 21 heavy (non-hydrogen) atoms. The summed E-state index contributed by atoms with van der Waals surface area (Å²) in [6.45, 7) is 6.59. The van der Waals surface area contributed by atoms with Crippen molar-refractivity contribution >= 4 is 18.2 Å². The number of aryl methyl sites for hydroxylation is 1. The Bertz CT molecular complexity index is 726. The Balaban J connectivity index is 2.60. The Kier molecular flexibility index (Phi) is 4.21. The van der Waals surface area contributed by atoms with Gasteiger partial charge in [0, 0.05) is 11.8 Å². The summed E-state index contributed by atoms with van der Waals surface area (Å²) in [7, 11) is 0. The minimum atomic E-state index is -1.16. The molecule has 1 aromatic heterocycles. The molecule has 1 aromatic carbocycles. The molecule has 108 valence electrons. The van der Waals surface area contributed by atoms with Crippen molar-refractivity contribution in [2.45, 2.75) is 20.3 Å². The lowest BCUT2D eigenvalue weighted by Crippen LogP contribution is -2.02. The molecule has 0 fully saturated rings. The second-order valence-corrected chi connectivity index (χ2v) is 4.55. The van der Waals surface area contributed by atoms with Gasteiger partial charge in [0.1, 0.15) is 0 Å². The lowest BCUT2D eigenvalue weighted by atomic mass is 10.0. The molecule has 0 atom stereocenters. The largest absolute Gasteiger partial charge is 0.294 e. The first kappa shape index (κ1) is 15.0. The summed E-state index contributed by atoms with van der Waals surface area (Å²) in [6.07, 6.45) is 2.28. The number of hydrogen-bond acceptors (Lipinski definition) is 3. The van der Waals surface area contributed by atoms with Crippen LogP contribution in [-0.2, 0) is 6.42 Å². The highest BCUT2D eigenvalue weighted by molar-refractivity contribution is 5.94. The fraction of sp³-hybridized carbons (Fsp3) is 0.188. The summed E-state index contributed by atoms with van der Waals surface area (Å²) < 4.78 is 28.0. The van der Waals surface area contributed by atoms with Crippen LogP contribution < -0.4 is 0 Å². The normalized spacial score (nSPS) is 10.5. The maximum atomic E-state index is 14.1. The number of aliphatic imine (C=N–C) groups is 1. The van der Waals surface area contributed by atoms with Crippen molar-refractivity contribution in [3.05, 3.63) is 47.2 Å². The number of rotatable bonds is 4. The monoisotopic (exact) mass is 288 g/mol. The van der Waals surface area contributed by atoms with Gasteiger partial charge in [0.15, 0.2) is 17.4 Å². The molecule has 0 spiro atoms. The number of hydrogen-bond donors (Lipinski definition) is 0. The van der Waals surface area contributed by atoms with Crippen molar-refractivity contribution in [3.63, 3.8) is 0 Å². The van der Waals surface area contributed by atoms with Gasteiger partial charge in [-0.2, -0.15) is 0 Å². The summed E-state index contributed by atoms with van der Waals surface area (Å²) in [5.41, 5.74) is 1.42. The molecule has 0 unspecified atom stereocenters. The van der Waals surface area contributed by atoms with E-state index in [0.717, 1.165) is 5.56 Å². The molecule has 0 aliphatic carbocycles. The van der Waals surface area contributed by atoms with Crippen LogP contribution in [0.25, 0.3) is 11.3 Å². The van der Waals surface area contributed by atoms with Crippen molar-refractivity contribution < 1.29 is 13.6 Å². The average molecular weight is 288 g/mol. The minimum absolute atomic E-state index is 0.00921. The van der Waals surface area contributed by atoms with Gasteiger partial charge in [0.05, 0.1) is 16.9 Å². The van der Waals surface area contributed by atoms with Crippen molar-refractivity contribution in [1.29, 1.82) is 0 Å². The van der Waals surface area contributed by atoms with Crippen LogP contribution in [0.2, 0.25) is 0 Å². The van der Waals surface area contributed by atoms with Crippen LogP contribution >= 0.6 is 0 Å². The van der Waals surface area contributed by atoms with E-state index in [1.54, 1.807) is 12.3 Å². The molecule has 3 nitrogen and oxygen atoms in total. The molecule has 2 aromatic rings. The van der Waals surface area contributed by atoms with E-state index in [-0.39, 0.29) is 16.8 Å². The zero-order valence-electron chi connectivity index (χ0n) is 11.8. The van der Waals surface area contributed by atoms with E-state index in [2.05, 4.69) is 16.7 Å². The van der Waals surface area contributed by atoms with Gasteiger partial charge in [-0.05, 0) is 43.8 Å². The fourth-order valence-corrected chi connectivity index (χ4v) is 2.06. The van der Waals surface area contributed by atoms with Crippen molar-refractivity contribution in [1.82, 2.24) is 4.98 Å². The van der Waals surface area contributed by atoms with Crippen molar-refractivity contribution in [2.75, 3.05) is 0 Å². The minimum Gasteiger partial charge on any atom is -0.294 e. The van der Waals surface area contributed by atoms with Crippen molar-refractivity contribution in [2.24, 2.45) is 4.99 Å². The van der Waals surface area contributed by atoms with Gasteiger partial charge in [0.25, 0.3) is 0 Å². The van der Waals surface area contributed by atoms with Gasteiger partial charge in [-0.3, -0.25) is 14.8 Å². The van der Waals surface area contributed by atoms with Crippen LogP contribution in [0.1, 0.15) is 29.8 Å². The van der Waals surface area contributed by atoms with E-state index in [9.17, 15) is 13.6 Å². The van der Waals surface area contributed by atoms with E-state index in [4.69, 9.17) is 0 Å². The number of benzene rings is 1. The van der Waals surface area contributed by atoms with Crippen LogP contribution in [0.4, 0.5) is 14.5 Å². The predicted molar refractivity (Wildman–Crippen MR) is 78.2 cm³/mol. The quantitative estimate of drug-likeness (QED) is 0.627. The SMILES string of the molecule is C=Nc1cc(-c2ccc(C(C)=O)c(F)c2F)ncc1CC. The van der Waals surface area contributed by atoms with E-state index in [1.807, 2.05) is 6.92 Å². The molecule has 5 heteroatoms. The molecule has 0 aliphatic rings. The Morgan fingerprint density at radius 2 is 2.05 bits per heavy atom. The van der Waals surface area contributed by atoms with Crippen LogP contribution in [0.3, 0.4) is 0 Å². The number of halogens is 2. The zero-order chi connectivity index (χ0) is 15.6.